The van der Waals surface area contributed by atoms with Crippen molar-refractivity contribution in [1.29, 1.82) is 0 Å². The molecule has 0 saturated heterocycles. The van der Waals surface area contributed by atoms with Gasteiger partial charge in [-0.1, -0.05) is 25.1 Å². The Balaban J connectivity index is 1.90. The van der Waals surface area contributed by atoms with Crippen molar-refractivity contribution in [2.75, 3.05) is 12.3 Å². The van der Waals surface area contributed by atoms with Crippen LogP contribution in [0.1, 0.15) is 23.6 Å². The Hall–Kier alpha value is -1.85. The predicted octanol–water partition coefficient (Wildman–Crippen LogP) is 2.58. The lowest BCUT2D eigenvalue weighted by Crippen LogP contribution is -2.36. The molecule has 0 radical (unpaired) electrons. The molecule has 22 heavy (non-hydrogen) atoms. The number of hydrogen-bond donors (Lipinski definition) is 1. The molecule has 0 amide bonds. The molecular weight excluding hydrogens is 296 g/mol. The molecule has 1 heterocycles. The number of rotatable bonds is 3. The normalized spacial score (nSPS) is 15.5. The second-order valence-corrected chi connectivity index (χ2v) is 7.55. The van der Waals surface area contributed by atoms with E-state index in [9.17, 15) is 8.42 Å². The van der Waals surface area contributed by atoms with Crippen LogP contribution in [0, 0.1) is 0 Å². The highest BCUT2D eigenvalue weighted by atomic mass is 32.2. The van der Waals surface area contributed by atoms with Gasteiger partial charge in [0.15, 0.2) is 0 Å². The Morgan fingerprint density at radius 1 is 1.09 bits per heavy atom. The Morgan fingerprint density at radius 2 is 1.82 bits per heavy atom. The fourth-order valence-electron chi connectivity index (χ4n) is 2.80. The molecule has 0 aromatic heterocycles. The maximum atomic E-state index is 12.8. The van der Waals surface area contributed by atoms with E-state index in [1.807, 2.05) is 30.3 Å². The Bertz CT molecular complexity index is 783. The molecule has 0 spiro atoms. The van der Waals surface area contributed by atoms with Crippen LogP contribution >= 0.6 is 0 Å². The number of anilines is 1. The molecule has 5 heteroatoms. The van der Waals surface area contributed by atoms with Crippen LogP contribution < -0.4 is 5.73 Å². The molecule has 0 aliphatic carbocycles. The number of fused-ring (bicyclic) bond motifs is 1. The number of hydrogen-bond acceptors (Lipinski definition) is 3. The summed E-state index contributed by atoms with van der Waals surface area (Å²) in [6, 6.07) is 12.9. The zero-order valence-corrected chi connectivity index (χ0v) is 13.4. The minimum Gasteiger partial charge on any atom is -0.399 e. The zero-order valence-electron chi connectivity index (χ0n) is 12.6. The predicted molar refractivity (Wildman–Crippen MR) is 88.0 cm³/mol. The van der Waals surface area contributed by atoms with Crippen molar-refractivity contribution in [3.05, 3.63) is 59.2 Å². The summed E-state index contributed by atoms with van der Waals surface area (Å²) in [6.45, 7) is 2.95. The topological polar surface area (TPSA) is 63.4 Å². The summed E-state index contributed by atoms with van der Waals surface area (Å²) in [5.41, 5.74) is 9.80. The fraction of sp³-hybridized carbons (Fsp3) is 0.294. The second kappa shape index (κ2) is 5.74. The van der Waals surface area contributed by atoms with Gasteiger partial charge >= 0.3 is 0 Å². The first-order chi connectivity index (χ1) is 10.5. The molecule has 116 valence electrons. The van der Waals surface area contributed by atoms with Crippen molar-refractivity contribution in [2.24, 2.45) is 0 Å². The summed E-state index contributed by atoms with van der Waals surface area (Å²) in [6.07, 6.45) is 1.62. The van der Waals surface area contributed by atoms with Crippen molar-refractivity contribution >= 4 is 15.7 Å². The first-order valence-electron chi connectivity index (χ1n) is 7.47. The average Bonchev–Trinajstić information content (AvgIpc) is 2.54. The second-order valence-electron chi connectivity index (χ2n) is 5.61. The lowest BCUT2D eigenvalue weighted by molar-refractivity contribution is 0.391. The van der Waals surface area contributed by atoms with E-state index in [-0.39, 0.29) is 0 Å². The highest BCUT2D eigenvalue weighted by molar-refractivity contribution is 7.89. The lowest BCUT2D eigenvalue weighted by atomic mass is 10.0. The molecule has 2 aromatic rings. The van der Waals surface area contributed by atoms with E-state index < -0.39 is 10.0 Å². The summed E-state index contributed by atoms with van der Waals surface area (Å²) in [7, 11) is -3.45. The van der Waals surface area contributed by atoms with Gasteiger partial charge in [-0.3, -0.25) is 0 Å². The number of aryl methyl sites for hydroxylation is 1. The smallest absolute Gasteiger partial charge is 0.243 e. The molecule has 0 bridgehead atoms. The third kappa shape index (κ3) is 2.74. The minimum atomic E-state index is -3.45. The van der Waals surface area contributed by atoms with Crippen molar-refractivity contribution in [3.63, 3.8) is 0 Å². The molecule has 3 rings (SSSR count). The highest BCUT2D eigenvalue weighted by Crippen LogP contribution is 2.26. The average molecular weight is 316 g/mol. The third-order valence-electron chi connectivity index (χ3n) is 4.18. The van der Waals surface area contributed by atoms with E-state index in [1.165, 1.54) is 9.87 Å². The van der Waals surface area contributed by atoms with E-state index in [2.05, 4.69) is 6.92 Å². The first-order valence-corrected chi connectivity index (χ1v) is 8.91. The Labute approximate surface area is 131 Å². The van der Waals surface area contributed by atoms with Crippen LogP contribution in [0.5, 0.6) is 0 Å². The van der Waals surface area contributed by atoms with Crippen LogP contribution in [0.4, 0.5) is 5.69 Å². The van der Waals surface area contributed by atoms with Crippen molar-refractivity contribution in [3.8, 4) is 0 Å². The zero-order chi connectivity index (χ0) is 15.7. The van der Waals surface area contributed by atoms with Gasteiger partial charge in [0.05, 0.1) is 4.90 Å². The molecule has 1 aliphatic rings. The van der Waals surface area contributed by atoms with Crippen LogP contribution in [0.2, 0.25) is 0 Å². The van der Waals surface area contributed by atoms with Crippen LogP contribution in [-0.2, 0) is 29.4 Å². The van der Waals surface area contributed by atoms with Crippen LogP contribution in [-0.4, -0.2) is 19.3 Å². The van der Waals surface area contributed by atoms with Crippen molar-refractivity contribution in [1.82, 2.24) is 4.31 Å². The summed E-state index contributed by atoms with van der Waals surface area (Å²) in [5, 5.41) is 0. The molecule has 0 saturated carbocycles. The van der Waals surface area contributed by atoms with E-state index in [0.717, 1.165) is 24.0 Å². The fourth-order valence-corrected chi connectivity index (χ4v) is 4.22. The number of benzene rings is 2. The van der Waals surface area contributed by atoms with E-state index in [1.54, 1.807) is 12.1 Å². The highest BCUT2D eigenvalue weighted by Gasteiger charge is 2.28. The Kier molecular flexibility index (Phi) is 3.93. The summed E-state index contributed by atoms with van der Waals surface area (Å²) < 4.78 is 27.1. The number of sulfonamides is 1. The molecule has 2 N–H and O–H groups in total. The third-order valence-corrected chi connectivity index (χ3v) is 6.04. The van der Waals surface area contributed by atoms with Gasteiger partial charge in [0.1, 0.15) is 0 Å². The van der Waals surface area contributed by atoms with Crippen molar-refractivity contribution in [2.45, 2.75) is 31.2 Å². The molecule has 0 atom stereocenters. The monoisotopic (exact) mass is 316 g/mol. The lowest BCUT2D eigenvalue weighted by Gasteiger charge is -2.28. The molecule has 0 unspecified atom stereocenters. The summed E-state index contributed by atoms with van der Waals surface area (Å²) in [5.74, 6) is 0. The maximum Gasteiger partial charge on any atom is 0.243 e. The molecule has 0 fully saturated rings. The van der Waals surface area contributed by atoms with Gasteiger partial charge in [-0.25, -0.2) is 8.42 Å². The first kappa shape index (κ1) is 15.1. The van der Waals surface area contributed by atoms with Gasteiger partial charge in [-0.15, -0.1) is 0 Å². The molecule has 2 aromatic carbocycles. The summed E-state index contributed by atoms with van der Waals surface area (Å²) >= 11 is 0. The minimum absolute atomic E-state index is 0.358. The standard InChI is InChI=1S/C17H20N2O2S/c1-2-13-3-7-17(8-4-13)22(20,21)19-10-9-14-5-6-16(18)11-15(14)12-19/h3-8,11H,2,9-10,12,18H2,1H3. The van der Waals surface area contributed by atoms with E-state index >= 15 is 0 Å². The number of nitrogens with zero attached hydrogens (tertiary/aromatic N) is 1. The van der Waals surface area contributed by atoms with E-state index in [4.69, 9.17) is 5.73 Å². The van der Waals surface area contributed by atoms with Crippen molar-refractivity contribution < 1.29 is 8.42 Å². The Morgan fingerprint density at radius 3 is 2.50 bits per heavy atom. The van der Waals surface area contributed by atoms with Gasteiger partial charge in [0.25, 0.3) is 0 Å². The largest absolute Gasteiger partial charge is 0.399 e. The molecular formula is C17H20N2O2S. The summed E-state index contributed by atoms with van der Waals surface area (Å²) in [4.78, 5) is 0.358. The van der Waals surface area contributed by atoms with Gasteiger partial charge in [-0.2, -0.15) is 4.31 Å². The van der Waals surface area contributed by atoms with Crippen LogP contribution in [0.3, 0.4) is 0 Å². The molecule has 1 aliphatic heterocycles. The van der Waals surface area contributed by atoms with Crippen LogP contribution in [0.25, 0.3) is 0 Å². The number of nitrogens with two attached hydrogens (primary N) is 1. The quantitative estimate of drug-likeness (QED) is 0.885. The number of nitrogen functional groups attached to an aromatic ring is 1. The molecule has 4 nitrogen and oxygen atoms in total. The van der Waals surface area contributed by atoms with Gasteiger partial charge in [-0.05, 0) is 53.8 Å². The van der Waals surface area contributed by atoms with Gasteiger partial charge in [0, 0.05) is 18.8 Å². The SMILES string of the molecule is CCc1ccc(S(=O)(=O)N2CCc3ccc(N)cc3C2)cc1. The van der Waals surface area contributed by atoms with Gasteiger partial charge in [0.2, 0.25) is 10.0 Å². The van der Waals surface area contributed by atoms with E-state index in [0.29, 0.717) is 23.7 Å². The van der Waals surface area contributed by atoms with Gasteiger partial charge < -0.3 is 5.73 Å². The maximum absolute atomic E-state index is 12.8. The van der Waals surface area contributed by atoms with Crippen LogP contribution in [0.15, 0.2) is 47.4 Å².